The molecule has 7 nitrogen and oxygen atoms in total. The van der Waals surface area contributed by atoms with Gasteiger partial charge in [0.15, 0.2) is 0 Å². The first-order valence-corrected chi connectivity index (χ1v) is 12.2. The number of carboxylic acids is 1. The van der Waals surface area contributed by atoms with Gasteiger partial charge in [-0.25, -0.2) is 14.8 Å². The Labute approximate surface area is 206 Å². The average molecular weight is 497 g/mol. The molecule has 1 N–H and O–H groups in total. The molecular formula is C25H22Cl2N4O3. The quantitative estimate of drug-likeness (QED) is 0.456. The number of piperidine rings is 1. The Balaban J connectivity index is 1.25. The maximum absolute atomic E-state index is 11.0. The molecule has 0 atom stereocenters. The molecule has 9 heteroatoms. The molecular weight excluding hydrogens is 475 g/mol. The first kappa shape index (κ1) is 21.6. The lowest BCUT2D eigenvalue weighted by atomic mass is 9.63. The van der Waals surface area contributed by atoms with E-state index in [1.54, 1.807) is 0 Å². The van der Waals surface area contributed by atoms with E-state index in [-0.39, 0.29) is 11.0 Å². The minimum atomic E-state index is -1.02. The third-order valence-electron chi connectivity index (χ3n) is 7.14. The second-order valence-corrected chi connectivity index (χ2v) is 10.2. The number of halogens is 2. The molecule has 2 aliphatic carbocycles. The third-order valence-corrected chi connectivity index (χ3v) is 7.77. The molecule has 1 saturated heterocycles. The lowest BCUT2D eigenvalue weighted by molar-refractivity contribution is 0.0696. The third kappa shape index (κ3) is 3.67. The first-order chi connectivity index (χ1) is 16.4. The van der Waals surface area contributed by atoms with Crippen molar-refractivity contribution in [2.45, 2.75) is 38.0 Å². The van der Waals surface area contributed by atoms with E-state index in [4.69, 9.17) is 32.8 Å². The first-order valence-electron chi connectivity index (χ1n) is 11.4. The second kappa shape index (κ2) is 8.10. The highest BCUT2D eigenvalue weighted by atomic mass is 35.5. The number of hydrogen-bond acceptors (Lipinski definition) is 6. The van der Waals surface area contributed by atoms with Gasteiger partial charge >= 0.3 is 5.97 Å². The van der Waals surface area contributed by atoms with E-state index in [0.29, 0.717) is 21.9 Å². The molecule has 3 aliphatic rings. The van der Waals surface area contributed by atoms with Crippen LogP contribution in [0.3, 0.4) is 0 Å². The van der Waals surface area contributed by atoms with E-state index in [2.05, 4.69) is 26.1 Å². The molecule has 1 aromatic carbocycles. The summed E-state index contributed by atoms with van der Waals surface area (Å²) in [5.74, 6) is 0.932. The second-order valence-electron chi connectivity index (χ2n) is 9.41. The van der Waals surface area contributed by atoms with Gasteiger partial charge in [-0.05, 0) is 55.2 Å². The molecule has 6 rings (SSSR count). The fourth-order valence-corrected chi connectivity index (χ4v) is 5.66. The highest BCUT2D eigenvalue weighted by molar-refractivity contribution is 6.39. The lowest BCUT2D eigenvalue weighted by Crippen LogP contribution is -2.43. The van der Waals surface area contributed by atoms with Crippen molar-refractivity contribution in [2.75, 3.05) is 18.0 Å². The summed E-state index contributed by atoms with van der Waals surface area (Å²) in [6.45, 7) is 1.64. The van der Waals surface area contributed by atoms with E-state index >= 15 is 0 Å². The molecule has 1 spiro atoms. The molecule has 3 heterocycles. The van der Waals surface area contributed by atoms with Gasteiger partial charge in [-0.3, -0.25) is 0 Å². The monoisotopic (exact) mass is 496 g/mol. The van der Waals surface area contributed by atoms with Crippen molar-refractivity contribution in [3.8, 4) is 11.3 Å². The number of rotatable bonds is 5. The number of allylic oxidation sites excluding steroid dienone is 2. The average Bonchev–Trinajstić information content (AvgIpc) is 3.57. The van der Waals surface area contributed by atoms with Gasteiger partial charge in [-0.2, -0.15) is 0 Å². The van der Waals surface area contributed by atoms with Gasteiger partial charge in [0.1, 0.15) is 11.5 Å². The Hall–Kier alpha value is -2.90. The van der Waals surface area contributed by atoms with E-state index < -0.39 is 5.97 Å². The Kier molecular flexibility index (Phi) is 5.15. The van der Waals surface area contributed by atoms with Crippen LogP contribution in [0, 0.1) is 5.41 Å². The summed E-state index contributed by atoms with van der Waals surface area (Å²) < 4.78 is 5.84. The van der Waals surface area contributed by atoms with Crippen LogP contribution < -0.4 is 4.90 Å². The fraction of sp³-hybridized carbons (Fsp3) is 0.360. The lowest BCUT2D eigenvalue weighted by Gasteiger charge is -2.46. The maximum Gasteiger partial charge on any atom is 0.338 e. The van der Waals surface area contributed by atoms with Crippen molar-refractivity contribution in [1.29, 1.82) is 0 Å². The topological polar surface area (TPSA) is 92.3 Å². The molecule has 0 unspecified atom stereocenters. The van der Waals surface area contributed by atoms with Crippen molar-refractivity contribution in [3.63, 3.8) is 0 Å². The van der Waals surface area contributed by atoms with Gasteiger partial charge in [0, 0.05) is 42.5 Å². The van der Waals surface area contributed by atoms with Crippen molar-refractivity contribution in [1.82, 2.24) is 15.1 Å². The van der Waals surface area contributed by atoms with Crippen molar-refractivity contribution in [3.05, 3.63) is 63.6 Å². The number of anilines is 1. The minimum absolute atomic E-state index is 0.0958. The van der Waals surface area contributed by atoms with Gasteiger partial charge in [0.25, 0.3) is 0 Å². The van der Waals surface area contributed by atoms with E-state index in [9.17, 15) is 4.79 Å². The van der Waals surface area contributed by atoms with Gasteiger partial charge in [-0.1, -0.05) is 40.5 Å². The Morgan fingerprint density at radius 2 is 1.74 bits per heavy atom. The number of carboxylic acid groups (broad SMARTS) is 1. The zero-order chi connectivity index (χ0) is 23.4. The summed E-state index contributed by atoms with van der Waals surface area (Å²) in [6.07, 6.45) is 10.3. The Morgan fingerprint density at radius 3 is 2.32 bits per heavy atom. The molecule has 2 aromatic heterocycles. The van der Waals surface area contributed by atoms with E-state index in [1.807, 2.05) is 18.2 Å². The minimum Gasteiger partial charge on any atom is -0.478 e. The summed E-state index contributed by atoms with van der Waals surface area (Å²) in [5, 5.41) is 14.6. The van der Waals surface area contributed by atoms with Crippen LogP contribution in [0.5, 0.6) is 0 Å². The molecule has 2 fully saturated rings. The Bertz CT molecular complexity index is 1290. The molecule has 34 heavy (non-hydrogen) atoms. The van der Waals surface area contributed by atoms with Gasteiger partial charge in [-0.15, -0.1) is 0 Å². The van der Waals surface area contributed by atoms with Crippen LogP contribution in [0.25, 0.3) is 16.8 Å². The zero-order valence-corrected chi connectivity index (χ0v) is 19.8. The highest BCUT2D eigenvalue weighted by Crippen LogP contribution is 2.56. The molecule has 0 bridgehead atoms. The van der Waals surface area contributed by atoms with Crippen LogP contribution in [-0.4, -0.2) is 39.3 Å². The van der Waals surface area contributed by atoms with Gasteiger partial charge in [0.2, 0.25) is 5.95 Å². The number of aromatic carboxylic acids is 1. The van der Waals surface area contributed by atoms with Crippen molar-refractivity contribution < 1.29 is 14.4 Å². The largest absolute Gasteiger partial charge is 0.478 e. The predicted octanol–water partition coefficient (Wildman–Crippen LogP) is 6.09. The highest BCUT2D eigenvalue weighted by Gasteiger charge is 2.44. The molecule has 0 radical (unpaired) electrons. The molecule has 174 valence electrons. The molecule has 1 aliphatic heterocycles. The molecule has 0 amide bonds. The Morgan fingerprint density at radius 1 is 1.09 bits per heavy atom. The standard InChI is InChI=1S/C25H22Cl2N4O3/c26-17-2-1-3-18(27)20(17)21-19(22(34-30-21)14-4-5-14)15-10-25(11-15)6-8-31(9-7-25)24-28-12-16(13-29-24)23(32)33/h1-3,10,12-14H,4-9,11H2,(H,32,33). The number of hydrogen-bond donors (Lipinski definition) is 1. The molecule has 3 aromatic rings. The smallest absolute Gasteiger partial charge is 0.338 e. The normalized spacial score (nSPS) is 19.1. The van der Waals surface area contributed by atoms with Crippen LogP contribution in [0.4, 0.5) is 5.95 Å². The summed E-state index contributed by atoms with van der Waals surface area (Å²) >= 11 is 13.0. The van der Waals surface area contributed by atoms with Gasteiger partial charge in [0.05, 0.1) is 15.6 Å². The molecule has 1 saturated carbocycles. The summed E-state index contributed by atoms with van der Waals surface area (Å²) in [6, 6.07) is 5.49. The summed E-state index contributed by atoms with van der Waals surface area (Å²) in [5.41, 5.74) is 4.02. The van der Waals surface area contributed by atoms with Crippen molar-refractivity contribution in [2.24, 2.45) is 5.41 Å². The zero-order valence-electron chi connectivity index (χ0n) is 18.3. The number of aromatic nitrogens is 3. The van der Waals surface area contributed by atoms with Crippen LogP contribution in [0.1, 0.15) is 59.7 Å². The predicted molar refractivity (Wildman–Crippen MR) is 129 cm³/mol. The fourth-order valence-electron chi connectivity index (χ4n) is 5.08. The van der Waals surface area contributed by atoms with Crippen LogP contribution in [0.15, 0.2) is 41.2 Å². The number of benzene rings is 1. The summed E-state index contributed by atoms with van der Waals surface area (Å²) in [7, 11) is 0. The SMILES string of the molecule is O=C(O)c1cnc(N2CCC3(C=C(c4c(-c5c(Cl)cccc5Cl)noc4C4CC4)C3)CC2)nc1. The van der Waals surface area contributed by atoms with Gasteiger partial charge < -0.3 is 14.5 Å². The van der Waals surface area contributed by atoms with E-state index in [1.165, 1.54) is 18.0 Å². The number of nitrogens with zero attached hydrogens (tertiary/aromatic N) is 4. The van der Waals surface area contributed by atoms with Crippen molar-refractivity contribution >= 4 is 40.7 Å². The summed E-state index contributed by atoms with van der Waals surface area (Å²) in [4.78, 5) is 21.6. The number of carbonyl (C=O) groups is 1. The van der Waals surface area contributed by atoms with Crippen LogP contribution >= 0.6 is 23.2 Å². The van der Waals surface area contributed by atoms with Crippen LogP contribution in [-0.2, 0) is 0 Å². The van der Waals surface area contributed by atoms with E-state index in [0.717, 1.165) is 67.8 Å². The maximum atomic E-state index is 11.0. The van der Waals surface area contributed by atoms with Crippen LogP contribution in [0.2, 0.25) is 10.0 Å².